The van der Waals surface area contributed by atoms with Gasteiger partial charge in [0.05, 0.1) is 0 Å². The Labute approximate surface area is 126 Å². The van der Waals surface area contributed by atoms with Crippen molar-refractivity contribution in [2.24, 2.45) is 17.6 Å². The van der Waals surface area contributed by atoms with E-state index in [0.29, 0.717) is 6.04 Å². The zero-order valence-electron chi connectivity index (χ0n) is 14.4. The predicted octanol–water partition coefficient (Wildman–Crippen LogP) is 4.18. The Morgan fingerprint density at radius 3 is 2.10 bits per heavy atom. The van der Waals surface area contributed by atoms with Gasteiger partial charge in [-0.1, -0.05) is 32.6 Å². The molecule has 1 aliphatic carbocycles. The fraction of sp³-hybridized carbons (Fsp3) is 1.00. The second-order valence-electron chi connectivity index (χ2n) is 8.64. The van der Waals surface area contributed by atoms with Gasteiger partial charge in [-0.15, -0.1) is 0 Å². The predicted molar refractivity (Wildman–Crippen MR) is 87.8 cm³/mol. The minimum atomic E-state index is 0.251. The molecule has 0 amide bonds. The molecule has 1 saturated heterocycles. The first-order chi connectivity index (χ1) is 9.26. The molecule has 0 bridgehead atoms. The van der Waals surface area contributed by atoms with Gasteiger partial charge in [0.25, 0.3) is 0 Å². The van der Waals surface area contributed by atoms with Crippen LogP contribution < -0.4 is 5.73 Å². The normalized spacial score (nSPS) is 34.5. The molecule has 2 aliphatic rings. The molecule has 2 rings (SSSR count). The van der Waals surface area contributed by atoms with Crippen LogP contribution in [0.5, 0.6) is 0 Å². The number of rotatable bonds is 4. The Bertz CT molecular complexity index is 303. The lowest BCUT2D eigenvalue weighted by molar-refractivity contribution is -0.0488. The van der Waals surface area contributed by atoms with Crippen molar-refractivity contribution in [3.8, 4) is 0 Å². The highest BCUT2D eigenvalue weighted by Gasteiger charge is 2.45. The first-order valence-electron chi connectivity index (χ1n) is 8.79. The number of nitrogens with zero attached hydrogens (tertiary/aromatic N) is 1. The molecule has 20 heavy (non-hydrogen) atoms. The average Bonchev–Trinajstić information content (AvgIpc) is 2.70. The highest BCUT2D eigenvalue weighted by Crippen LogP contribution is 2.42. The molecule has 1 heterocycles. The fourth-order valence-corrected chi connectivity index (χ4v) is 5.23. The molecule has 2 nitrogen and oxygen atoms in total. The maximum atomic E-state index is 6.30. The molecule has 0 radical (unpaired) electrons. The lowest BCUT2D eigenvalue weighted by Gasteiger charge is -2.56. The van der Waals surface area contributed by atoms with Crippen molar-refractivity contribution in [3.63, 3.8) is 0 Å². The van der Waals surface area contributed by atoms with E-state index in [0.717, 1.165) is 24.7 Å². The van der Waals surface area contributed by atoms with Gasteiger partial charge in [0.1, 0.15) is 0 Å². The largest absolute Gasteiger partial charge is 0.328 e. The van der Waals surface area contributed by atoms with Gasteiger partial charge in [-0.25, -0.2) is 0 Å². The van der Waals surface area contributed by atoms with Crippen LogP contribution in [-0.4, -0.2) is 28.6 Å². The van der Waals surface area contributed by atoms with E-state index in [1.807, 2.05) is 0 Å². The second-order valence-corrected chi connectivity index (χ2v) is 8.64. The lowest BCUT2D eigenvalue weighted by Crippen LogP contribution is -2.64. The zero-order valence-corrected chi connectivity index (χ0v) is 14.4. The molecule has 2 atom stereocenters. The van der Waals surface area contributed by atoms with Gasteiger partial charge in [0, 0.05) is 23.7 Å². The summed E-state index contributed by atoms with van der Waals surface area (Å²) in [5.74, 6) is 1.89. The lowest BCUT2D eigenvalue weighted by atomic mass is 9.76. The zero-order chi connectivity index (χ0) is 15.0. The average molecular weight is 280 g/mol. The van der Waals surface area contributed by atoms with Gasteiger partial charge in [0.2, 0.25) is 0 Å². The number of nitrogens with two attached hydrogens (primary N) is 1. The highest BCUT2D eigenvalue weighted by molar-refractivity contribution is 5.02. The van der Waals surface area contributed by atoms with Crippen LogP contribution in [0.3, 0.4) is 0 Å². The van der Waals surface area contributed by atoms with E-state index >= 15 is 0 Å². The summed E-state index contributed by atoms with van der Waals surface area (Å²) < 4.78 is 0. The van der Waals surface area contributed by atoms with Crippen LogP contribution in [-0.2, 0) is 0 Å². The monoisotopic (exact) mass is 280 g/mol. The van der Waals surface area contributed by atoms with Crippen LogP contribution in [0.15, 0.2) is 0 Å². The molecule has 1 saturated carbocycles. The summed E-state index contributed by atoms with van der Waals surface area (Å²) in [6.07, 6.45) is 9.41. The minimum Gasteiger partial charge on any atom is -0.328 e. The molecular weight excluding hydrogens is 244 g/mol. The second kappa shape index (κ2) is 5.96. The molecule has 1 aliphatic heterocycles. The van der Waals surface area contributed by atoms with Crippen LogP contribution in [0, 0.1) is 11.8 Å². The molecule has 2 fully saturated rings. The summed E-state index contributed by atoms with van der Waals surface area (Å²) in [5, 5.41) is 0. The van der Waals surface area contributed by atoms with Crippen molar-refractivity contribution in [3.05, 3.63) is 0 Å². The van der Waals surface area contributed by atoms with Gasteiger partial charge >= 0.3 is 0 Å². The van der Waals surface area contributed by atoms with Gasteiger partial charge in [-0.2, -0.15) is 0 Å². The number of hydrogen-bond acceptors (Lipinski definition) is 2. The van der Waals surface area contributed by atoms with Gasteiger partial charge in [0.15, 0.2) is 0 Å². The Hall–Kier alpha value is -0.0800. The molecular formula is C18H36N2. The van der Waals surface area contributed by atoms with Crippen molar-refractivity contribution in [1.82, 2.24) is 4.90 Å². The topological polar surface area (TPSA) is 29.3 Å². The molecule has 0 spiro atoms. The molecule has 2 heteroatoms. The molecule has 0 aromatic carbocycles. The number of piperidine rings is 1. The third kappa shape index (κ3) is 3.39. The van der Waals surface area contributed by atoms with Crippen LogP contribution in [0.25, 0.3) is 0 Å². The van der Waals surface area contributed by atoms with Crippen molar-refractivity contribution in [1.29, 1.82) is 0 Å². The van der Waals surface area contributed by atoms with Crippen molar-refractivity contribution >= 4 is 0 Å². The Morgan fingerprint density at radius 1 is 1.00 bits per heavy atom. The first-order valence-corrected chi connectivity index (χ1v) is 8.79. The first kappa shape index (κ1) is 16.3. The van der Waals surface area contributed by atoms with Crippen molar-refractivity contribution < 1.29 is 0 Å². The van der Waals surface area contributed by atoms with Crippen LogP contribution in [0.1, 0.15) is 79.6 Å². The SMILES string of the molecule is CCCC1CCCC1CN1C(C)(C)CC(N)CC1(C)C. The summed E-state index contributed by atoms with van der Waals surface area (Å²) in [4.78, 5) is 2.79. The molecule has 2 unspecified atom stereocenters. The van der Waals surface area contributed by atoms with E-state index in [9.17, 15) is 0 Å². The van der Waals surface area contributed by atoms with E-state index < -0.39 is 0 Å². The summed E-state index contributed by atoms with van der Waals surface area (Å²) in [6, 6.07) is 0.367. The molecule has 0 aromatic heterocycles. The number of likely N-dealkylation sites (tertiary alicyclic amines) is 1. The van der Waals surface area contributed by atoms with Gasteiger partial charge < -0.3 is 5.73 Å². The fourth-order valence-electron chi connectivity index (χ4n) is 5.23. The summed E-state index contributed by atoms with van der Waals surface area (Å²) >= 11 is 0. The van der Waals surface area contributed by atoms with E-state index in [1.165, 1.54) is 38.6 Å². The van der Waals surface area contributed by atoms with E-state index in [2.05, 4.69) is 39.5 Å². The van der Waals surface area contributed by atoms with Crippen LogP contribution in [0.2, 0.25) is 0 Å². The Kier molecular flexibility index (Phi) is 4.86. The van der Waals surface area contributed by atoms with Crippen LogP contribution in [0.4, 0.5) is 0 Å². The number of hydrogen-bond donors (Lipinski definition) is 1. The third-order valence-electron chi connectivity index (χ3n) is 5.88. The smallest absolute Gasteiger partial charge is 0.0173 e. The standard InChI is InChI=1S/C18H36N2/c1-6-8-14-9-7-10-15(14)13-20-17(2,3)11-16(19)12-18(20,4)5/h14-16H,6-13,19H2,1-5H3. The Balaban J connectivity index is 2.09. The summed E-state index contributed by atoms with van der Waals surface area (Å²) in [5.41, 5.74) is 6.81. The maximum Gasteiger partial charge on any atom is 0.0173 e. The van der Waals surface area contributed by atoms with Gasteiger partial charge in [-0.05, 0) is 58.8 Å². The van der Waals surface area contributed by atoms with E-state index in [1.54, 1.807) is 0 Å². The molecule has 118 valence electrons. The molecule has 0 aromatic rings. The minimum absolute atomic E-state index is 0.251. The highest BCUT2D eigenvalue weighted by atomic mass is 15.3. The van der Waals surface area contributed by atoms with Gasteiger partial charge in [-0.3, -0.25) is 4.90 Å². The quantitative estimate of drug-likeness (QED) is 0.837. The van der Waals surface area contributed by atoms with Crippen LogP contribution >= 0.6 is 0 Å². The summed E-state index contributed by atoms with van der Waals surface area (Å²) in [7, 11) is 0. The van der Waals surface area contributed by atoms with Crippen molar-refractivity contribution in [2.45, 2.75) is 96.7 Å². The summed E-state index contributed by atoms with van der Waals surface area (Å²) in [6.45, 7) is 13.2. The van der Waals surface area contributed by atoms with Crippen molar-refractivity contribution in [2.75, 3.05) is 6.54 Å². The van der Waals surface area contributed by atoms with E-state index in [-0.39, 0.29) is 11.1 Å². The molecule has 2 N–H and O–H groups in total. The maximum absolute atomic E-state index is 6.30. The van der Waals surface area contributed by atoms with E-state index in [4.69, 9.17) is 5.73 Å². The Morgan fingerprint density at radius 2 is 1.55 bits per heavy atom. The third-order valence-corrected chi connectivity index (χ3v) is 5.88.